The first-order valence-corrected chi connectivity index (χ1v) is 14.3. The van der Waals surface area contributed by atoms with Gasteiger partial charge in [-0.1, -0.05) is 6.07 Å². The summed E-state index contributed by atoms with van der Waals surface area (Å²) < 4.78 is 0. The van der Waals surface area contributed by atoms with Crippen molar-refractivity contribution < 1.29 is 14.4 Å². The first kappa shape index (κ1) is 28.8. The van der Waals surface area contributed by atoms with Crippen molar-refractivity contribution in [2.24, 2.45) is 0 Å². The predicted molar refractivity (Wildman–Crippen MR) is 153 cm³/mol. The smallest absolute Gasteiger partial charge is 0.251 e. The Bertz CT molecular complexity index is 1220. The molecule has 2 aliphatic rings. The lowest BCUT2D eigenvalue weighted by atomic mass is 9.97. The first-order valence-electron chi connectivity index (χ1n) is 13.3. The maximum Gasteiger partial charge on any atom is 0.251 e. The summed E-state index contributed by atoms with van der Waals surface area (Å²) >= 11 is 1.40. The Kier molecular flexibility index (Phi) is 9.76. The van der Waals surface area contributed by atoms with Crippen LogP contribution in [0.2, 0.25) is 0 Å². The number of fused-ring (bicyclic) bond motifs is 5. The van der Waals surface area contributed by atoms with E-state index in [0.29, 0.717) is 28.6 Å². The number of aryl methyl sites for hydroxylation is 2. The van der Waals surface area contributed by atoms with Gasteiger partial charge < -0.3 is 26.6 Å². The Hall–Kier alpha value is -3.22. The fourth-order valence-electron chi connectivity index (χ4n) is 4.77. The van der Waals surface area contributed by atoms with Crippen LogP contribution in [0.1, 0.15) is 34.3 Å². The number of nitrogens with one attached hydrogen (secondary N) is 3. The van der Waals surface area contributed by atoms with Crippen LogP contribution in [0.4, 0.5) is 5.95 Å². The molecular weight excluding hydrogens is 516 g/mol. The van der Waals surface area contributed by atoms with E-state index in [-0.39, 0.29) is 43.1 Å². The van der Waals surface area contributed by atoms with Gasteiger partial charge in [-0.2, -0.15) is 0 Å². The second-order valence-corrected chi connectivity index (χ2v) is 11.2. The number of anilines is 1. The van der Waals surface area contributed by atoms with Gasteiger partial charge in [0.25, 0.3) is 5.91 Å². The molecule has 1 saturated heterocycles. The number of thioether (sulfide) groups is 1. The van der Waals surface area contributed by atoms with Gasteiger partial charge in [0, 0.05) is 69.1 Å². The van der Waals surface area contributed by atoms with E-state index in [9.17, 15) is 14.4 Å². The summed E-state index contributed by atoms with van der Waals surface area (Å²) in [6, 6.07) is 4.85. The van der Waals surface area contributed by atoms with E-state index in [1.165, 1.54) is 11.8 Å². The van der Waals surface area contributed by atoms with Crippen LogP contribution in [0.25, 0.3) is 11.3 Å². The highest BCUT2D eigenvalue weighted by Crippen LogP contribution is 2.29. The molecule has 1 aromatic carbocycles. The monoisotopic (exact) mass is 554 g/mol. The highest BCUT2D eigenvalue weighted by molar-refractivity contribution is 7.99. The molecule has 12 heteroatoms. The number of carbonyl (C=O) groups excluding carboxylic acids is 3. The van der Waals surface area contributed by atoms with Crippen LogP contribution in [-0.2, 0) is 9.59 Å². The number of rotatable bonds is 4. The van der Waals surface area contributed by atoms with Gasteiger partial charge in [0.05, 0.1) is 5.69 Å². The highest BCUT2D eigenvalue weighted by Gasteiger charge is 2.23. The number of piperazine rings is 1. The van der Waals surface area contributed by atoms with E-state index in [2.05, 4.69) is 42.8 Å². The van der Waals surface area contributed by atoms with Crippen LogP contribution in [0.5, 0.6) is 0 Å². The number of hydrogen-bond donors (Lipinski definition) is 4. The maximum atomic E-state index is 13.1. The largest absolute Gasteiger partial charge is 0.368 e. The summed E-state index contributed by atoms with van der Waals surface area (Å²) in [5, 5.41) is 9.38. The molecule has 1 fully saturated rings. The first-order chi connectivity index (χ1) is 18.7. The number of amides is 3. The lowest BCUT2D eigenvalue weighted by Crippen LogP contribution is -2.51. The molecule has 2 aromatic rings. The molecule has 4 bridgehead atoms. The lowest BCUT2D eigenvalue weighted by Gasteiger charge is -2.32. The zero-order chi connectivity index (χ0) is 27.9. The van der Waals surface area contributed by atoms with E-state index in [4.69, 9.17) is 5.73 Å². The minimum absolute atomic E-state index is 0.125. The molecule has 11 nitrogen and oxygen atoms in total. The number of carbonyl (C=O) groups is 3. The molecule has 0 saturated carbocycles. The number of nitrogen functional groups attached to an aromatic ring is 1. The number of hydrogen-bond acceptors (Lipinski definition) is 9. The molecule has 39 heavy (non-hydrogen) atoms. The van der Waals surface area contributed by atoms with Crippen molar-refractivity contribution in [3.05, 3.63) is 34.9 Å². The normalized spacial score (nSPS) is 19.7. The Balaban J connectivity index is 1.48. The molecule has 210 valence electrons. The van der Waals surface area contributed by atoms with Gasteiger partial charge >= 0.3 is 0 Å². The number of benzene rings is 1. The predicted octanol–water partition coefficient (Wildman–Crippen LogP) is 0.807. The van der Waals surface area contributed by atoms with Crippen LogP contribution in [0, 0.1) is 13.8 Å². The molecule has 2 aliphatic heterocycles. The molecule has 1 unspecified atom stereocenters. The number of likely N-dealkylation sites (N-methyl/N-ethyl adjacent to an activating group) is 1. The fraction of sp³-hybridized carbons (Fsp3) is 0.519. The van der Waals surface area contributed by atoms with Gasteiger partial charge in [-0.15, -0.1) is 11.8 Å². The van der Waals surface area contributed by atoms with Crippen LogP contribution in [0.3, 0.4) is 0 Å². The summed E-state index contributed by atoms with van der Waals surface area (Å²) in [5.41, 5.74) is 9.73. The van der Waals surface area contributed by atoms with Gasteiger partial charge in [-0.25, -0.2) is 9.97 Å². The molecule has 4 rings (SSSR count). The van der Waals surface area contributed by atoms with Crippen LogP contribution < -0.4 is 21.7 Å². The van der Waals surface area contributed by atoms with Crippen LogP contribution in [0.15, 0.2) is 23.2 Å². The number of nitrogens with zero attached hydrogens (tertiary/aromatic N) is 4. The molecule has 1 atom stereocenters. The van der Waals surface area contributed by atoms with Crippen molar-refractivity contribution in [2.45, 2.75) is 37.8 Å². The van der Waals surface area contributed by atoms with Gasteiger partial charge in [0.1, 0.15) is 11.1 Å². The van der Waals surface area contributed by atoms with Crippen molar-refractivity contribution in [1.82, 2.24) is 35.7 Å². The topological polar surface area (TPSA) is 146 Å². The summed E-state index contributed by atoms with van der Waals surface area (Å²) in [5.74, 6) is -0.145. The summed E-state index contributed by atoms with van der Waals surface area (Å²) in [6.07, 6.45) is 0.483. The maximum absolute atomic E-state index is 13.1. The van der Waals surface area contributed by atoms with Crippen molar-refractivity contribution in [3.63, 3.8) is 0 Å². The Labute approximate surface area is 233 Å². The van der Waals surface area contributed by atoms with Gasteiger partial charge in [-0.3, -0.25) is 19.3 Å². The van der Waals surface area contributed by atoms with E-state index in [0.717, 1.165) is 49.4 Å². The molecule has 5 N–H and O–H groups in total. The van der Waals surface area contributed by atoms with E-state index >= 15 is 0 Å². The van der Waals surface area contributed by atoms with Crippen molar-refractivity contribution in [1.29, 1.82) is 0 Å². The van der Waals surface area contributed by atoms with E-state index in [1.807, 2.05) is 32.0 Å². The summed E-state index contributed by atoms with van der Waals surface area (Å²) in [4.78, 5) is 52.2. The number of nitrogens with two attached hydrogens (primary N) is 1. The van der Waals surface area contributed by atoms with Crippen LogP contribution in [-0.4, -0.2) is 102 Å². The molecule has 1 aromatic heterocycles. The number of aromatic nitrogens is 2. The minimum atomic E-state index is -0.751. The second-order valence-electron chi connectivity index (χ2n) is 10.1. The molecule has 0 spiro atoms. The Morgan fingerprint density at radius 3 is 2.62 bits per heavy atom. The fourth-order valence-corrected chi connectivity index (χ4v) is 5.62. The van der Waals surface area contributed by atoms with E-state index in [1.54, 1.807) is 0 Å². The highest BCUT2D eigenvalue weighted by atomic mass is 32.2. The van der Waals surface area contributed by atoms with E-state index < -0.39 is 6.04 Å². The molecular formula is C27H38N8O3S. The average Bonchev–Trinajstić information content (AvgIpc) is 2.88. The molecule has 0 aliphatic carbocycles. The second kappa shape index (κ2) is 13.2. The third kappa shape index (κ3) is 7.90. The van der Waals surface area contributed by atoms with Crippen molar-refractivity contribution in [3.8, 4) is 11.3 Å². The van der Waals surface area contributed by atoms with Crippen LogP contribution >= 0.6 is 11.8 Å². The molecule has 0 radical (unpaired) electrons. The zero-order valence-corrected chi connectivity index (χ0v) is 23.7. The molecule has 3 amide bonds. The Morgan fingerprint density at radius 2 is 1.85 bits per heavy atom. The van der Waals surface area contributed by atoms with Gasteiger partial charge in [-0.05, 0) is 50.6 Å². The third-order valence-corrected chi connectivity index (χ3v) is 8.00. The summed E-state index contributed by atoms with van der Waals surface area (Å²) in [7, 11) is 2.11. The van der Waals surface area contributed by atoms with Crippen molar-refractivity contribution >= 4 is 35.4 Å². The SMILES string of the molecule is Cc1cc(C)c2cc1C(=O)NCCC(C(=O)NCCN1CCN(C)CC1)NC(=O)CCSc1cc-2nc(N)n1. The molecule has 3 heterocycles. The van der Waals surface area contributed by atoms with Gasteiger partial charge in [0.15, 0.2) is 0 Å². The minimum Gasteiger partial charge on any atom is -0.368 e. The van der Waals surface area contributed by atoms with Gasteiger partial charge in [0.2, 0.25) is 17.8 Å². The quantitative estimate of drug-likeness (QED) is 0.403. The van der Waals surface area contributed by atoms with Crippen molar-refractivity contribution in [2.75, 3.05) is 64.3 Å². The standard InChI is InChI=1S/C27H38N8O3S/c1-17-14-18(2)20-15-19(17)22-16-24(33-27(28)32-22)39-13-5-23(36)31-21(4-6-29-25(20)37)26(38)30-7-8-35-11-9-34(3)10-12-35/h14-16,21H,4-13H2,1-3H3,(H,29,37)(H,30,38)(H,31,36)(H2,28,32,33). The third-order valence-electron chi connectivity index (χ3n) is 7.08. The zero-order valence-electron chi connectivity index (χ0n) is 22.9. The average molecular weight is 555 g/mol. The Morgan fingerprint density at radius 1 is 1.10 bits per heavy atom. The lowest BCUT2D eigenvalue weighted by molar-refractivity contribution is -0.129. The summed E-state index contributed by atoms with van der Waals surface area (Å²) in [6.45, 7) is 9.29.